The average Bonchev–Trinajstić information content (AvgIpc) is 3.39. The van der Waals surface area contributed by atoms with Gasteiger partial charge < -0.3 is 14.6 Å². The van der Waals surface area contributed by atoms with Crippen molar-refractivity contribution < 1.29 is 19.1 Å². The molecule has 1 aromatic heterocycles. The number of hydrogen-bond donors (Lipinski definition) is 1. The number of ether oxygens (including phenoxy) is 1. The fourth-order valence-electron chi connectivity index (χ4n) is 6.74. The van der Waals surface area contributed by atoms with Gasteiger partial charge in [0.2, 0.25) is 5.91 Å². The minimum absolute atomic E-state index is 0.112. The molecule has 2 atom stereocenters. The van der Waals surface area contributed by atoms with Crippen LogP contribution in [0.3, 0.4) is 0 Å². The molecule has 0 radical (unpaired) electrons. The number of urea groups is 1. The third-order valence-corrected chi connectivity index (χ3v) is 8.89. The van der Waals surface area contributed by atoms with Crippen molar-refractivity contribution in [3.05, 3.63) is 53.3 Å². The number of benzene rings is 1. The van der Waals surface area contributed by atoms with Crippen LogP contribution in [0, 0.1) is 0 Å². The Hall–Kier alpha value is -3.59. The fraction of sp³-hybridized carbons (Fsp3) is 0.500. The summed E-state index contributed by atoms with van der Waals surface area (Å²) in [4.78, 5) is 50.8. The zero-order valence-electron chi connectivity index (χ0n) is 23.0. The standard InChI is InChI=1S/C30H37N5O4/c1-20(36)33-16-14-32(15-17-33)12-7-13-34-28(37)30(2)19-24-23-18-22(39-3)10-11-25(23)31-26(24)27(35(30)29(34)38)21-8-5-4-6-9-21/h5,8-11,18,27,31H,4,6-7,12-17,19H2,1-3H3/t27-,30+/m1/s1. The topological polar surface area (TPSA) is 89.2 Å². The number of rotatable bonds is 6. The maximum Gasteiger partial charge on any atom is 0.328 e. The van der Waals surface area contributed by atoms with Gasteiger partial charge in [-0.25, -0.2) is 4.79 Å². The molecule has 1 N–H and O–H groups in total. The lowest BCUT2D eigenvalue weighted by molar-refractivity contribution is -0.133. The Morgan fingerprint density at radius 2 is 1.92 bits per heavy atom. The fourth-order valence-corrected chi connectivity index (χ4v) is 6.74. The Morgan fingerprint density at radius 3 is 2.62 bits per heavy atom. The van der Waals surface area contributed by atoms with E-state index in [2.05, 4.69) is 28.1 Å². The molecular formula is C30H37N5O4. The summed E-state index contributed by atoms with van der Waals surface area (Å²) < 4.78 is 5.51. The van der Waals surface area contributed by atoms with Crippen molar-refractivity contribution in [1.29, 1.82) is 0 Å². The van der Waals surface area contributed by atoms with E-state index >= 15 is 0 Å². The highest BCUT2D eigenvalue weighted by molar-refractivity contribution is 6.08. The van der Waals surface area contributed by atoms with Crippen molar-refractivity contribution in [2.24, 2.45) is 0 Å². The van der Waals surface area contributed by atoms with Gasteiger partial charge in [0.25, 0.3) is 5.91 Å². The quantitative estimate of drug-likeness (QED) is 0.575. The van der Waals surface area contributed by atoms with E-state index in [0.29, 0.717) is 19.4 Å². The minimum atomic E-state index is -0.966. The smallest absolute Gasteiger partial charge is 0.328 e. The molecule has 2 aromatic rings. The lowest BCUT2D eigenvalue weighted by atomic mass is 9.80. The van der Waals surface area contributed by atoms with Crippen LogP contribution in [0.5, 0.6) is 5.75 Å². The van der Waals surface area contributed by atoms with Gasteiger partial charge in [-0.05, 0) is 62.1 Å². The predicted octanol–water partition coefficient (Wildman–Crippen LogP) is 3.63. The van der Waals surface area contributed by atoms with E-state index in [-0.39, 0.29) is 23.9 Å². The number of aromatic amines is 1. The third-order valence-electron chi connectivity index (χ3n) is 8.89. The van der Waals surface area contributed by atoms with Crippen LogP contribution in [0.2, 0.25) is 0 Å². The summed E-state index contributed by atoms with van der Waals surface area (Å²) in [6.45, 7) is 7.81. The molecule has 4 aliphatic rings. The van der Waals surface area contributed by atoms with Crippen LogP contribution >= 0.6 is 0 Å². The Balaban J connectivity index is 1.28. The first-order valence-electron chi connectivity index (χ1n) is 14.0. The molecule has 9 heteroatoms. The molecule has 4 amide bonds. The minimum Gasteiger partial charge on any atom is -0.497 e. The summed E-state index contributed by atoms with van der Waals surface area (Å²) in [5.74, 6) is 0.758. The van der Waals surface area contributed by atoms with Crippen molar-refractivity contribution in [3.63, 3.8) is 0 Å². The van der Waals surface area contributed by atoms with Crippen LogP contribution in [0.4, 0.5) is 4.79 Å². The highest BCUT2D eigenvalue weighted by atomic mass is 16.5. The van der Waals surface area contributed by atoms with Gasteiger partial charge in [-0.2, -0.15) is 0 Å². The molecule has 39 heavy (non-hydrogen) atoms. The zero-order chi connectivity index (χ0) is 27.3. The molecule has 4 heterocycles. The van der Waals surface area contributed by atoms with E-state index in [4.69, 9.17) is 4.74 Å². The van der Waals surface area contributed by atoms with Gasteiger partial charge >= 0.3 is 6.03 Å². The number of aromatic nitrogens is 1. The number of piperazine rings is 1. The molecule has 6 rings (SSSR count). The summed E-state index contributed by atoms with van der Waals surface area (Å²) in [5.41, 5.74) is 3.14. The Labute approximate surface area is 229 Å². The van der Waals surface area contributed by atoms with E-state index in [1.54, 1.807) is 14.0 Å². The molecule has 1 aliphatic carbocycles. The Morgan fingerprint density at radius 1 is 1.13 bits per heavy atom. The van der Waals surface area contributed by atoms with Crippen LogP contribution in [0.15, 0.2) is 42.0 Å². The number of imide groups is 1. The zero-order valence-corrected chi connectivity index (χ0v) is 23.0. The molecule has 0 spiro atoms. The molecule has 0 unspecified atom stereocenters. The van der Waals surface area contributed by atoms with Crippen LogP contribution < -0.4 is 4.74 Å². The summed E-state index contributed by atoms with van der Waals surface area (Å²) in [7, 11) is 1.66. The van der Waals surface area contributed by atoms with Crippen molar-refractivity contribution in [2.75, 3.05) is 46.4 Å². The summed E-state index contributed by atoms with van der Waals surface area (Å²) in [6.07, 6.45) is 9.52. The first-order chi connectivity index (χ1) is 18.8. The molecule has 206 valence electrons. The SMILES string of the molecule is COc1ccc2[nH]c3c(c2c1)C[C@@]1(C)C(=O)N(CCCN2CCN(C(C)=O)CC2)C(=O)N1[C@@H]3C1=CCCC=C1. The summed E-state index contributed by atoms with van der Waals surface area (Å²) >= 11 is 0. The molecule has 3 aliphatic heterocycles. The number of fused-ring (bicyclic) bond motifs is 4. The van der Waals surface area contributed by atoms with Crippen molar-refractivity contribution in [3.8, 4) is 5.75 Å². The number of allylic oxidation sites excluding steroid dienone is 2. The van der Waals surface area contributed by atoms with E-state index in [0.717, 1.165) is 79.0 Å². The molecular weight excluding hydrogens is 494 g/mol. The van der Waals surface area contributed by atoms with Gasteiger partial charge in [0.15, 0.2) is 0 Å². The second kappa shape index (κ2) is 9.86. The normalized spacial score (nSPS) is 25.3. The highest BCUT2D eigenvalue weighted by Crippen LogP contribution is 2.49. The van der Waals surface area contributed by atoms with Crippen LogP contribution in [-0.4, -0.2) is 94.3 Å². The molecule has 0 bridgehead atoms. The summed E-state index contributed by atoms with van der Waals surface area (Å²) in [5, 5.41) is 1.04. The lowest BCUT2D eigenvalue weighted by Crippen LogP contribution is -2.53. The number of nitrogens with one attached hydrogen (secondary N) is 1. The van der Waals surface area contributed by atoms with Gasteiger partial charge in [-0.1, -0.05) is 18.2 Å². The third kappa shape index (κ3) is 4.23. The van der Waals surface area contributed by atoms with E-state index in [9.17, 15) is 14.4 Å². The Bertz CT molecular complexity index is 1390. The van der Waals surface area contributed by atoms with Crippen molar-refractivity contribution in [2.45, 2.75) is 51.1 Å². The second-order valence-electron chi connectivity index (χ2n) is 11.3. The van der Waals surface area contributed by atoms with Gasteiger partial charge in [0.05, 0.1) is 13.2 Å². The van der Waals surface area contributed by atoms with Gasteiger partial charge in [0, 0.05) is 62.7 Å². The van der Waals surface area contributed by atoms with Gasteiger partial charge in [-0.15, -0.1) is 0 Å². The molecule has 0 saturated carbocycles. The molecule has 1 aromatic carbocycles. The monoisotopic (exact) mass is 531 g/mol. The maximum absolute atomic E-state index is 14.0. The largest absolute Gasteiger partial charge is 0.497 e. The first-order valence-corrected chi connectivity index (χ1v) is 14.0. The first kappa shape index (κ1) is 25.7. The average molecular weight is 532 g/mol. The van der Waals surface area contributed by atoms with Crippen molar-refractivity contribution >= 4 is 28.7 Å². The molecule has 2 saturated heterocycles. The number of H-pyrrole nitrogens is 1. The number of methoxy groups -OCH3 is 1. The number of carbonyl (C=O) groups is 3. The van der Waals surface area contributed by atoms with E-state index in [1.807, 2.05) is 34.9 Å². The highest BCUT2D eigenvalue weighted by Gasteiger charge is 2.60. The summed E-state index contributed by atoms with van der Waals surface area (Å²) in [6, 6.07) is 5.40. The van der Waals surface area contributed by atoms with Gasteiger partial charge in [0.1, 0.15) is 11.3 Å². The van der Waals surface area contributed by atoms with E-state index < -0.39 is 5.54 Å². The molecule has 9 nitrogen and oxygen atoms in total. The van der Waals surface area contributed by atoms with E-state index in [1.165, 1.54) is 4.90 Å². The predicted molar refractivity (Wildman–Crippen MR) is 148 cm³/mol. The number of carbonyl (C=O) groups excluding carboxylic acids is 3. The number of amides is 4. The maximum atomic E-state index is 14.0. The number of hydrogen-bond acceptors (Lipinski definition) is 5. The Kier molecular flexibility index (Phi) is 6.49. The second-order valence-corrected chi connectivity index (χ2v) is 11.3. The molecule has 2 fully saturated rings. The van der Waals surface area contributed by atoms with Crippen LogP contribution in [-0.2, 0) is 16.0 Å². The number of nitrogens with zero attached hydrogens (tertiary/aromatic N) is 4. The van der Waals surface area contributed by atoms with Crippen molar-refractivity contribution in [1.82, 2.24) is 24.6 Å². The lowest BCUT2D eigenvalue weighted by Gasteiger charge is -2.43. The van der Waals surface area contributed by atoms with Crippen LogP contribution in [0.1, 0.15) is 50.4 Å². The van der Waals surface area contributed by atoms with Gasteiger partial charge in [-0.3, -0.25) is 24.3 Å². The van der Waals surface area contributed by atoms with Crippen LogP contribution in [0.25, 0.3) is 10.9 Å².